The van der Waals surface area contributed by atoms with Crippen molar-refractivity contribution in [3.63, 3.8) is 0 Å². The van der Waals surface area contributed by atoms with Crippen LogP contribution in [0.2, 0.25) is 0 Å². The predicted molar refractivity (Wildman–Crippen MR) is 86.9 cm³/mol. The van der Waals surface area contributed by atoms with Crippen LogP contribution in [0.25, 0.3) is 10.8 Å². The molecule has 2 aromatic rings. The Kier molecular flexibility index (Phi) is 5.70. The van der Waals surface area contributed by atoms with Gasteiger partial charge in [0, 0.05) is 12.0 Å². The lowest BCUT2D eigenvalue weighted by molar-refractivity contribution is -0.139. The average Bonchev–Trinajstić information content (AvgIpc) is 2.56. The van der Waals surface area contributed by atoms with E-state index in [1.54, 1.807) is 12.1 Å². The zero-order valence-electron chi connectivity index (χ0n) is 12.7. The van der Waals surface area contributed by atoms with Gasteiger partial charge < -0.3 is 10.4 Å². The van der Waals surface area contributed by atoms with Gasteiger partial charge in [-0.2, -0.15) is 5.26 Å². The van der Waals surface area contributed by atoms with Crippen LogP contribution in [0.4, 0.5) is 0 Å². The number of hydrogen-bond acceptors (Lipinski definition) is 3. The molecule has 5 nitrogen and oxygen atoms in total. The number of unbranched alkanes of at least 4 members (excludes halogenated alkanes) is 2. The van der Waals surface area contributed by atoms with Gasteiger partial charge in [-0.25, -0.2) is 4.79 Å². The number of benzene rings is 2. The summed E-state index contributed by atoms with van der Waals surface area (Å²) in [5.74, 6) is -1.45. The van der Waals surface area contributed by atoms with Gasteiger partial charge >= 0.3 is 5.97 Å². The van der Waals surface area contributed by atoms with Gasteiger partial charge in [0.15, 0.2) is 0 Å². The van der Waals surface area contributed by atoms with Crippen LogP contribution >= 0.6 is 0 Å². The Morgan fingerprint density at radius 2 is 1.87 bits per heavy atom. The van der Waals surface area contributed by atoms with Gasteiger partial charge in [0.2, 0.25) is 0 Å². The maximum atomic E-state index is 12.4. The summed E-state index contributed by atoms with van der Waals surface area (Å²) in [6, 6.07) is 13.9. The van der Waals surface area contributed by atoms with Crippen LogP contribution in [0.15, 0.2) is 42.5 Å². The minimum Gasteiger partial charge on any atom is -0.480 e. The van der Waals surface area contributed by atoms with Crippen molar-refractivity contribution in [3.8, 4) is 6.07 Å². The average molecular weight is 310 g/mol. The minimum atomic E-state index is -1.06. The molecule has 0 aliphatic rings. The monoisotopic (exact) mass is 310 g/mol. The number of hydrogen-bond donors (Lipinski definition) is 2. The van der Waals surface area contributed by atoms with Gasteiger partial charge in [0.1, 0.15) is 6.04 Å². The lowest BCUT2D eigenvalue weighted by Gasteiger charge is -2.15. The number of nitriles is 1. The van der Waals surface area contributed by atoms with Gasteiger partial charge in [0.25, 0.3) is 5.91 Å². The molecule has 1 atom stereocenters. The van der Waals surface area contributed by atoms with E-state index in [9.17, 15) is 14.7 Å². The molecule has 0 aliphatic carbocycles. The summed E-state index contributed by atoms with van der Waals surface area (Å²) >= 11 is 0. The van der Waals surface area contributed by atoms with Crippen molar-refractivity contribution < 1.29 is 14.7 Å². The Morgan fingerprint density at radius 1 is 1.13 bits per heavy atom. The van der Waals surface area contributed by atoms with Crippen molar-refractivity contribution in [2.45, 2.75) is 31.7 Å². The first kappa shape index (κ1) is 16.5. The number of carbonyl (C=O) groups is 2. The molecule has 0 aromatic heterocycles. The lowest BCUT2D eigenvalue weighted by Crippen LogP contribution is -2.40. The molecule has 2 aromatic carbocycles. The van der Waals surface area contributed by atoms with E-state index >= 15 is 0 Å². The largest absolute Gasteiger partial charge is 0.480 e. The van der Waals surface area contributed by atoms with Crippen molar-refractivity contribution in [2.24, 2.45) is 0 Å². The second kappa shape index (κ2) is 7.95. The Bertz CT molecular complexity index is 744. The fraction of sp³-hybridized carbons (Fsp3) is 0.278. The highest BCUT2D eigenvalue weighted by atomic mass is 16.4. The first-order chi connectivity index (χ1) is 11.1. The third-order valence-electron chi connectivity index (χ3n) is 3.67. The summed E-state index contributed by atoms with van der Waals surface area (Å²) < 4.78 is 0. The van der Waals surface area contributed by atoms with E-state index in [2.05, 4.69) is 5.32 Å². The Hall–Kier alpha value is -2.87. The quantitative estimate of drug-likeness (QED) is 0.769. The zero-order valence-corrected chi connectivity index (χ0v) is 12.7. The number of aliphatic carboxylic acids is 1. The number of amides is 1. The van der Waals surface area contributed by atoms with E-state index in [1.165, 1.54) is 0 Å². The Balaban J connectivity index is 2.11. The smallest absolute Gasteiger partial charge is 0.326 e. The van der Waals surface area contributed by atoms with Crippen molar-refractivity contribution in [1.29, 1.82) is 5.26 Å². The predicted octanol–water partition coefficient (Wildman–Crippen LogP) is 3.11. The van der Waals surface area contributed by atoms with Gasteiger partial charge in [-0.15, -0.1) is 0 Å². The maximum absolute atomic E-state index is 12.4. The van der Waals surface area contributed by atoms with E-state index < -0.39 is 17.9 Å². The molecule has 0 fully saturated rings. The highest BCUT2D eigenvalue weighted by molar-refractivity contribution is 6.07. The van der Waals surface area contributed by atoms with Crippen molar-refractivity contribution >= 4 is 22.6 Å². The van der Waals surface area contributed by atoms with Crippen LogP contribution in [0.3, 0.4) is 0 Å². The van der Waals surface area contributed by atoms with Crippen LogP contribution in [0, 0.1) is 11.3 Å². The van der Waals surface area contributed by atoms with Crippen LogP contribution in [0.5, 0.6) is 0 Å². The summed E-state index contributed by atoms with van der Waals surface area (Å²) in [6.45, 7) is 0. The lowest BCUT2D eigenvalue weighted by atomic mass is 10.0. The zero-order chi connectivity index (χ0) is 16.7. The second-order valence-corrected chi connectivity index (χ2v) is 5.29. The molecule has 2 N–H and O–H groups in total. The molecule has 23 heavy (non-hydrogen) atoms. The molecule has 0 saturated carbocycles. The van der Waals surface area contributed by atoms with E-state index in [0.29, 0.717) is 31.2 Å². The first-order valence-electron chi connectivity index (χ1n) is 7.52. The van der Waals surface area contributed by atoms with Gasteiger partial charge in [0.05, 0.1) is 6.07 Å². The fourth-order valence-corrected chi connectivity index (χ4v) is 2.47. The summed E-state index contributed by atoms with van der Waals surface area (Å²) in [5.41, 5.74) is 0.464. The van der Waals surface area contributed by atoms with Crippen molar-refractivity contribution in [2.75, 3.05) is 0 Å². The van der Waals surface area contributed by atoms with Crippen LogP contribution in [0.1, 0.15) is 36.0 Å². The van der Waals surface area contributed by atoms with Crippen LogP contribution in [-0.4, -0.2) is 23.0 Å². The number of nitrogens with zero attached hydrogens (tertiary/aromatic N) is 1. The van der Waals surface area contributed by atoms with Gasteiger partial charge in [-0.3, -0.25) is 4.79 Å². The normalized spacial score (nSPS) is 11.6. The van der Waals surface area contributed by atoms with Gasteiger partial charge in [-0.05, 0) is 36.1 Å². The molecular formula is C18H18N2O3. The number of nitrogens with one attached hydrogen (secondary N) is 1. The second-order valence-electron chi connectivity index (χ2n) is 5.29. The first-order valence-corrected chi connectivity index (χ1v) is 7.52. The van der Waals surface area contributed by atoms with E-state index in [1.807, 2.05) is 36.4 Å². The summed E-state index contributed by atoms with van der Waals surface area (Å²) in [5, 5.41) is 22.1. The molecular weight excluding hydrogens is 292 g/mol. The standard InChI is InChI=1S/C18H18N2O3/c19-12-5-1-2-11-16(18(22)23)20-17(21)15-10-6-8-13-7-3-4-9-14(13)15/h3-4,6-10,16H,1-2,5,11H2,(H,20,21)(H,22,23)/t16-/m0/s1. The molecule has 0 spiro atoms. The fourth-order valence-electron chi connectivity index (χ4n) is 2.47. The van der Waals surface area contributed by atoms with Crippen LogP contribution < -0.4 is 5.32 Å². The molecule has 0 radical (unpaired) electrons. The molecule has 0 unspecified atom stereocenters. The number of fused-ring (bicyclic) bond motifs is 1. The number of carboxylic acids is 1. The molecule has 0 aliphatic heterocycles. The third-order valence-corrected chi connectivity index (χ3v) is 3.67. The number of carboxylic acid groups (broad SMARTS) is 1. The Labute approximate surface area is 134 Å². The molecule has 1 amide bonds. The summed E-state index contributed by atoms with van der Waals surface area (Å²) in [4.78, 5) is 23.7. The highest BCUT2D eigenvalue weighted by Gasteiger charge is 2.21. The highest BCUT2D eigenvalue weighted by Crippen LogP contribution is 2.18. The molecule has 0 bridgehead atoms. The number of carbonyl (C=O) groups excluding carboxylic acids is 1. The summed E-state index contributed by atoms with van der Waals surface area (Å²) in [6.07, 6.45) is 1.92. The molecule has 2 rings (SSSR count). The van der Waals surface area contributed by atoms with E-state index in [-0.39, 0.29) is 0 Å². The Morgan fingerprint density at radius 3 is 2.61 bits per heavy atom. The van der Waals surface area contributed by atoms with Gasteiger partial charge in [-0.1, -0.05) is 36.4 Å². The molecule has 5 heteroatoms. The SMILES string of the molecule is N#CCCCC[C@H](NC(=O)c1cccc2ccccc12)C(=O)O. The summed E-state index contributed by atoms with van der Waals surface area (Å²) in [7, 11) is 0. The number of rotatable bonds is 7. The molecule has 0 saturated heterocycles. The topological polar surface area (TPSA) is 90.2 Å². The van der Waals surface area contributed by atoms with Crippen molar-refractivity contribution in [1.82, 2.24) is 5.32 Å². The third kappa shape index (κ3) is 4.30. The van der Waals surface area contributed by atoms with Crippen LogP contribution in [-0.2, 0) is 4.79 Å². The van der Waals surface area contributed by atoms with Crippen molar-refractivity contribution in [3.05, 3.63) is 48.0 Å². The van der Waals surface area contributed by atoms with E-state index in [4.69, 9.17) is 5.26 Å². The molecule has 118 valence electrons. The molecule has 0 heterocycles. The maximum Gasteiger partial charge on any atom is 0.326 e. The minimum absolute atomic E-state index is 0.313. The van der Waals surface area contributed by atoms with E-state index in [0.717, 1.165) is 10.8 Å².